The highest BCUT2D eigenvalue weighted by Gasteiger charge is 2.30. The summed E-state index contributed by atoms with van der Waals surface area (Å²) in [6.07, 6.45) is 10.8. The van der Waals surface area contributed by atoms with Crippen LogP contribution in [0.3, 0.4) is 0 Å². The minimum atomic E-state index is 0.391. The van der Waals surface area contributed by atoms with Crippen molar-refractivity contribution in [3.8, 4) is 0 Å². The molecule has 1 aromatic carbocycles. The fourth-order valence-electron chi connectivity index (χ4n) is 4.45. The summed E-state index contributed by atoms with van der Waals surface area (Å²) in [6, 6.07) is 10.1. The largest absolute Gasteiger partial charge is 0.303 e. The number of rotatable bonds is 7. The molecule has 2 atom stereocenters. The van der Waals surface area contributed by atoms with E-state index in [-0.39, 0.29) is 0 Å². The highest BCUT2D eigenvalue weighted by Crippen LogP contribution is 2.36. The Bertz CT molecular complexity index is 484. The number of benzene rings is 1. The maximum absolute atomic E-state index is 12.0. The topological polar surface area (TPSA) is 20.3 Å². The number of Topliss-reactive ketones (excluding diaryl/α,β-unsaturated/α-hetero) is 1. The molecule has 1 heterocycles. The zero-order valence-corrected chi connectivity index (χ0v) is 14.4. The molecule has 0 spiro atoms. The first kappa shape index (κ1) is 16.7. The quantitative estimate of drug-likeness (QED) is 0.692. The number of carbonyl (C=O) groups is 1. The Hall–Kier alpha value is -1.15. The molecule has 23 heavy (non-hydrogen) atoms. The molecule has 126 valence electrons. The van der Waals surface area contributed by atoms with Crippen LogP contribution in [0.15, 0.2) is 30.3 Å². The van der Waals surface area contributed by atoms with Gasteiger partial charge in [-0.15, -0.1) is 0 Å². The second-order valence-electron chi connectivity index (χ2n) is 7.55. The van der Waals surface area contributed by atoms with Crippen molar-refractivity contribution in [3.05, 3.63) is 35.9 Å². The molecule has 3 rings (SSSR count). The molecule has 1 saturated carbocycles. The van der Waals surface area contributed by atoms with Crippen LogP contribution in [-0.2, 0) is 11.2 Å². The Labute approximate surface area is 141 Å². The SMILES string of the molecule is O=C(CCCCN1CCC2CCCCC2C1)Cc1ccccc1. The third kappa shape index (κ3) is 5.17. The van der Waals surface area contributed by atoms with Gasteiger partial charge in [0.25, 0.3) is 0 Å². The molecule has 1 saturated heterocycles. The first-order valence-electron chi connectivity index (χ1n) is 9.59. The molecule has 2 heteroatoms. The number of nitrogens with zero attached hydrogens (tertiary/aromatic N) is 1. The van der Waals surface area contributed by atoms with E-state index in [1.807, 2.05) is 30.3 Å². The van der Waals surface area contributed by atoms with Crippen LogP contribution in [0.1, 0.15) is 56.9 Å². The van der Waals surface area contributed by atoms with Crippen LogP contribution >= 0.6 is 0 Å². The van der Waals surface area contributed by atoms with E-state index in [0.29, 0.717) is 12.2 Å². The van der Waals surface area contributed by atoms with E-state index in [9.17, 15) is 4.79 Å². The summed E-state index contributed by atoms with van der Waals surface area (Å²) >= 11 is 0. The molecule has 0 aromatic heterocycles. The number of ketones is 1. The minimum absolute atomic E-state index is 0.391. The Morgan fingerprint density at radius 3 is 2.61 bits per heavy atom. The zero-order valence-electron chi connectivity index (χ0n) is 14.4. The van der Waals surface area contributed by atoms with Crippen LogP contribution in [-0.4, -0.2) is 30.3 Å². The van der Waals surface area contributed by atoms with Crippen molar-refractivity contribution in [1.29, 1.82) is 0 Å². The second-order valence-corrected chi connectivity index (χ2v) is 7.55. The third-order valence-corrected chi connectivity index (χ3v) is 5.80. The van der Waals surface area contributed by atoms with Gasteiger partial charge < -0.3 is 4.90 Å². The predicted molar refractivity (Wildman–Crippen MR) is 95.5 cm³/mol. The Balaban J connectivity index is 1.30. The Morgan fingerprint density at radius 1 is 1.00 bits per heavy atom. The van der Waals surface area contributed by atoms with Crippen LogP contribution in [0.25, 0.3) is 0 Å². The maximum atomic E-state index is 12.0. The van der Waals surface area contributed by atoms with Crippen molar-refractivity contribution in [2.45, 2.75) is 57.8 Å². The van der Waals surface area contributed by atoms with Crippen LogP contribution in [0.2, 0.25) is 0 Å². The normalized spacial score (nSPS) is 25.0. The predicted octanol–water partition coefficient (Wildman–Crippen LogP) is 4.48. The lowest BCUT2D eigenvalue weighted by atomic mass is 9.75. The molecule has 0 N–H and O–H groups in total. The first-order chi connectivity index (χ1) is 11.3. The van der Waals surface area contributed by atoms with Gasteiger partial charge in [-0.1, -0.05) is 49.6 Å². The number of fused-ring (bicyclic) bond motifs is 1. The van der Waals surface area contributed by atoms with Gasteiger partial charge in [0.1, 0.15) is 5.78 Å². The van der Waals surface area contributed by atoms with Gasteiger partial charge in [0, 0.05) is 19.4 Å². The molecule has 1 aliphatic heterocycles. The van der Waals surface area contributed by atoms with Crippen LogP contribution in [0.5, 0.6) is 0 Å². The van der Waals surface area contributed by atoms with E-state index in [4.69, 9.17) is 0 Å². The molecule has 2 nitrogen and oxygen atoms in total. The van der Waals surface area contributed by atoms with E-state index >= 15 is 0 Å². The second kappa shape index (κ2) is 8.63. The molecule has 2 fully saturated rings. The smallest absolute Gasteiger partial charge is 0.137 e. The number of unbranched alkanes of at least 4 members (excludes halogenated alkanes) is 1. The number of likely N-dealkylation sites (tertiary alicyclic amines) is 1. The summed E-state index contributed by atoms with van der Waals surface area (Å²) in [6.45, 7) is 3.81. The van der Waals surface area contributed by atoms with Crippen molar-refractivity contribution in [3.63, 3.8) is 0 Å². The molecule has 0 amide bonds. The minimum Gasteiger partial charge on any atom is -0.303 e. The number of hydrogen-bond acceptors (Lipinski definition) is 2. The number of hydrogen-bond donors (Lipinski definition) is 0. The lowest BCUT2D eigenvalue weighted by molar-refractivity contribution is -0.118. The van der Waals surface area contributed by atoms with Gasteiger partial charge in [-0.2, -0.15) is 0 Å². The standard InChI is InChI=1S/C21H31NO/c23-21(16-18-8-2-1-3-9-18)12-6-7-14-22-15-13-19-10-4-5-11-20(19)17-22/h1-3,8-9,19-20H,4-7,10-17H2. The fourth-order valence-corrected chi connectivity index (χ4v) is 4.45. The van der Waals surface area contributed by atoms with E-state index < -0.39 is 0 Å². The monoisotopic (exact) mass is 313 g/mol. The summed E-state index contributed by atoms with van der Waals surface area (Å²) in [4.78, 5) is 14.7. The van der Waals surface area contributed by atoms with Gasteiger partial charge in [-0.05, 0) is 56.2 Å². The van der Waals surface area contributed by atoms with Crippen molar-refractivity contribution >= 4 is 5.78 Å². The molecule has 0 bridgehead atoms. The lowest BCUT2D eigenvalue weighted by Crippen LogP contribution is -2.42. The number of carbonyl (C=O) groups excluding carboxylic acids is 1. The highest BCUT2D eigenvalue weighted by atomic mass is 16.1. The Kier molecular flexibility index (Phi) is 6.27. The molecule has 1 aliphatic carbocycles. The molecular formula is C21H31NO. The summed E-state index contributed by atoms with van der Waals surface area (Å²) in [5, 5.41) is 0. The average Bonchev–Trinajstić information content (AvgIpc) is 2.59. The molecule has 0 radical (unpaired) electrons. The third-order valence-electron chi connectivity index (χ3n) is 5.80. The summed E-state index contributed by atoms with van der Waals surface area (Å²) in [5.74, 6) is 2.38. The zero-order chi connectivity index (χ0) is 15.9. The maximum Gasteiger partial charge on any atom is 0.137 e. The van der Waals surface area contributed by atoms with Crippen molar-refractivity contribution in [2.24, 2.45) is 11.8 Å². The van der Waals surface area contributed by atoms with Crippen LogP contribution in [0.4, 0.5) is 0 Å². The van der Waals surface area contributed by atoms with Crippen LogP contribution in [0, 0.1) is 11.8 Å². The van der Waals surface area contributed by atoms with Gasteiger partial charge in [-0.25, -0.2) is 0 Å². The van der Waals surface area contributed by atoms with Crippen LogP contribution < -0.4 is 0 Å². The molecular weight excluding hydrogens is 282 g/mol. The Morgan fingerprint density at radius 2 is 1.78 bits per heavy atom. The van der Waals surface area contributed by atoms with Gasteiger partial charge >= 0.3 is 0 Å². The van der Waals surface area contributed by atoms with Crippen molar-refractivity contribution < 1.29 is 4.79 Å². The van der Waals surface area contributed by atoms with Gasteiger partial charge in [0.05, 0.1) is 0 Å². The summed E-state index contributed by atoms with van der Waals surface area (Å²) < 4.78 is 0. The highest BCUT2D eigenvalue weighted by molar-refractivity contribution is 5.80. The summed E-state index contributed by atoms with van der Waals surface area (Å²) in [5.41, 5.74) is 1.15. The number of piperidine rings is 1. The lowest BCUT2D eigenvalue weighted by Gasteiger charge is -2.41. The van der Waals surface area contributed by atoms with E-state index in [0.717, 1.165) is 30.2 Å². The van der Waals surface area contributed by atoms with E-state index in [1.165, 1.54) is 58.2 Å². The molecule has 2 aliphatic rings. The molecule has 1 aromatic rings. The van der Waals surface area contributed by atoms with Gasteiger partial charge in [0.2, 0.25) is 0 Å². The van der Waals surface area contributed by atoms with Gasteiger partial charge in [-0.3, -0.25) is 4.79 Å². The fraction of sp³-hybridized carbons (Fsp3) is 0.667. The molecule has 2 unspecified atom stereocenters. The van der Waals surface area contributed by atoms with Gasteiger partial charge in [0.15, 0.2) is 0 Å². The van der Waals surface area contributed by atoms with E-state index in [2.05, 4.69) is 4.90 Å². The average molecular weight is 313 g/mol. The summed E-state index contributed by atoms with van der Waals surface area (Å²) in [7, 11) is 0. The first-order valence-corrected chi connectivity index (χ1v) is 9.59. The van der Waals surface area contributed by atoms with E-state index in [1.54, 1.807) is 0 Å². The van der Waals surface area contributed by atoms with Crippen molar-refractivity contribution in [2.75, 3.05) is 19.6 Å². The van der Waals surface area contributed by atoms with Crippen molar-refractivity contribution in [1.82, 2.24) is 4.90 Å².